The van der Waals surface area contributed by atoms with Crippen LogP contribution in [-0.2, 0) is 17.7 Å². The number of ether oxygens (including phenoxy) is 1. The SMILES string of the molecule is COC(=O)N1CCc2c(sc(NC(=O)c3ccc(Br)cc3)c2C#N)C1. The molecule has 0 bridgehead atoms. The van der Waals surface area contributed by atoms with Gasteiger partial charge in [-0.1, -0.05) is 15.9 Å². The van der Waals surface area contributed by atoms with E-state index in [1.165, 1.54) is 18.4 Å². The Morgan fingerprint density at radius 3 is 2.72 bits per heavy atom. The zero-order valence-electron chi connectivity index (χ0n) is 13.3. The first-order chi connectivity index (χ1) is 12.0. The number of carbonyl (C=O) groups excluding carboxylic acids is 2. The number of anilines is 1. The summed E-state index contributed by atoms with van der Waals surface area (Å²) >= 11 is 4.66. The van der Waals surface area contributed by atoms with Crippen molar-refractivity contribution in [2.75, 3.05) is 19.0 Å². The van der Waals surface area contributed by atoms with Gasteiger partial charge in [-0.05, 0) is 36.2 Å². The van der Waals surface area contributed by atoms with Gasteiger partial charge in [-0.25, -0.2) is 4.79 Å². The van der Waals surface area contributed by atoms with Crippen LogP contribution in [0.3, 0.4) is 0 Å². The van der Waals surface area contributed by atoms with Crippen LogP contribution in [0.5, 0.6) is 0 Å². The zero-order chi connectivity index (χ0) is 18.0. The maximum absolute atomic E-state index is 12.4. The molecule has 2 amide bonds. The number of halogens is 1. The third kappa shape index (κ3) is 3.52. The summed E-state index contributed by atoms with van der Waals surface area (Å²) in [5.41, 5.74) is 1.89. The number of fused-ring (bicyclic) bond motifs is 1. The zero-order valence-corrected chi connectivity index (χ0v) is 15.7. The van der Waals surface area contributed by atoms with Crippen molar-refractivity contribution in [1.82, 2.24) is 4.90 Å². The summed E-state index contributed by atoms with van der Waals surface area (Å²) in [6.45, 7) is 0.876. The van der Waals surface area contributed by atoms with Gasteiger partial charge in [-0.15, -0.1) is 11.3 Å². The van der Waals surface area contributed by atoms with Crippen molar-refractivity contribution in [2.45, 2.75) is 13.0 Å². The first-order valence-electron chi connectivity index (χ1n) is 7.48. The van der Waals surface area contributed by atoms with Crippen LogP contribution in [0.15, 0.2) is 28.7 Å². The van der Waals surface area contributed by atoms with Gasteiger partial charge in [0.25, 0.3) is 5.91 Å². The van der Waals surface area contributed by atoms with E-state index in [0.29, 0.717) is 35.6 Å². The fourth-order valence-corrected chi connectivity index (χ4v) is 4.14. The van der Waals surface area contributed by atoms with E-state index < -0.39 is 6.09 Å². The molecule has 6 nitrogen and oxygen atoms in total. The highest BCUT2D eigenvalue weighted by molar-refractivity contribution is 9.10. The smallest absolute Gasteiger partial charge is 0.409 e. The van der Waals surface area contributed by atoms with Crippen LogP contribution in [0, 0.1) is 11.3 Å². The molecule has 0 saturated heterocycles. The number of nitrogens with one attached hydrogen (secondary N) is 1. The standard InChI is InChI=1S/C17H14BrN3O3S/c1-24-17(23)21-7-6-12-13(8-19)16(25-14(12)9-21)20-15(22)10-2-4-11(18)5-3-10/h2-5H,6-7,9H2,1H3,(H,20,22). The fourth-order valence-electron chi connectivity index (χ4n) is 2.67. The summed E-state index contributed by atoms with van der Waals surface area (Å²) in [5, 5.41) is 12.8. The molecule has 2 heterocycles. The first-order valence-corrected chi connectivity index (χ1v) is 9.09. The molecule has 0 saturated carbocycles. The van der Waals surface area contributed by atoms with Crippen molar-refractivity contribution >= 4 is 44.3 Å². The Hall–Kier alpha value is -2.37. The lowest BCUT2D eigenvalue weighted by atomic mass is 10.0. The number of rotatable bonds is 2. The van der Waals surface area contributed by atoms with E-state index >= 15 is 0 Å². The molecule has 8 heteroatoms. The van der Waals surface area contributed by atoms with E-state index in [9.17, 15) is 14.9 Å². The summed E-state index contributed by atoms with van der Waals surface area (Å²) in [5.74, 6) is -0.271. The number of hydrogen-bond acceptors (Lipinski definition) is 5. The number of nitrogens with zero attached hydrogens (tertiary/aromatic N) is 2. The van der Waals surface area contributed by atoms with E-state index in [4.69, 9.17) is 4.74 Å². The third-order valence-corrected chi connectivity index (χ3v) is 5.60. The third-order valence-electron chi connectivity index (χ3n) is 3.93. The van der Waals surface area contributed by atoms with Gasteiger partial charge in [0.05, 0.1) is 19.2 Å². The number of methoxy groups -OCH3 is 1. The van der Waals surface area contributed by atoms with E-state index in [1.807, 2.05) is 0 Å². The Balaban J connectivity index is 1.85. The second kappa shape index (κ2) is 7.25. The summed E-state index contributed by atoms with van der Waals surface area (Å²) in [6, 6.07) is 9.16. The summed E-state index contributed by atoms with van der Waals surface area (Å²) in [4.78, 5) is 26.6. The number of carbonyl (C=O) groups is 2. The minimum Gasteiger partial charge on any atom is -0.453 e. The molecule has 0 spiro atoms. The van der Waals surface area contributed by atoms with Crippen LogP contribution in [0.25, 0.3) is 0 Å². The molecule has 3 rings (SSSR count). The summed E-state index contributed by atoms with van der Waals surface area (Å²) in [6.07, 6.45) is 0.177. The minimum atomic E-state index is -0.391. The van der Waals surface area contributed by atoms with Crippen LogP contribution >= 0.6 is 27.3 Å². The van der Waals surface area contributed by atoms with Gasteiger partial charge in [-0.2, -0.15) is 5.26 Å². The molecule has 1 aliphatic rings. The molecule has 0 atom stereocenters. The first kappa shape index (κ1) is 17.5. The van der Waals surface area contributed by atoms with Gasteiger partial charge >= 0.3 is 6.09 Å². The van der Waals surface area contributed by atoms with Crippen LogP contribution in [0.4, 0.5) is 9.80 Å². The Kier molecular flexibility index (Phi) is 5.06. The van der Waals surface area contributed by atoms with Crippen molar-refractivity contribution in [3.05, 3.63) is 50.3 Å². The van der Waals surface area contributed by atoms with Crippen LogP contribution in [-0.4, -0.2) is 30.6 Å². The van der Waals surface area contributed by atoms with Crippen molar-refractivity contribution in [3.8, 4) is 6.07 Å². The van der Waals surface area contributed by atoms with Gasteiger partial charge in [0.2, 0.25) is 0 Å². The molecule has 1 N–H and O–H groups in total. The molecule has 2 aromatic rings. The van der Waals surface area contributed by atoms with Gasteiger partial charge in [0, 0.05) is 21.5 Å². The molecule has 0 fully saturated rings. The molecule has 1 aromatic heterocycles. The lowest BCUT2D eigenvalue weighted by molar-refractivity contribution is 0.102. The molecule has 0 aliphatic carbocycles. The maximum Gasteiger partial charge on any atom is 0.409 e. The van der Waals surface area contributed by atoms with E-state index in [0.717, 1.165) is 14.9 Å². The fraction of sp³-hybridized carbons (Fsp3) is 0.235. The Bertz CT molecular complexity index is 870. The van der Waals surface area contributed by atoms with Crippen LogP contribution in [0.2, 0.25) is 0 Å². The quantitative estimate of drug-likeness (QED) is 0.802. The number of benzene rings is 1. The van der Waals surface area contributed by atoms with E-state index in [1.54, 1.807) is 29.2 Å². The highest BCUT2D eigenvalue weighted by Crippen LogP contribution is 2.37. The maximum atomic E-state index is 12.4. The molecule has 25 heavy (non-hydrogen) atoms. The molecule has 0 unspecified atom stereocenters. The van der Waals surface area contributed by atoms with Gasteiger partial charge in [0.1, 0.15) is 11.1 Å². The number of thiophene rings is 1. The largest absolute Gasteiger partial charge is 0.453 e. The average Bonchev–Trinajstić information content (AvgIpc) is 2.97. The second-order valence-corrected chi connectivity index (χ2v) is 7.44. The monoisotopic (exact) mass is 419 g/mol. The normalized spacial score (nSPS) is 12.9. The second-order valence-electron chi connectivity index (χ2n) is 5.42. The molecular formula is C17H14BrN3O3S. The lowest BCUT2D eigenvalue weighted by Gasteiger charge is -2.25. The summed E-state index contributed by atoms with van der Waals surface area (Å²) < 4.78 is 5.64. The molecule has 0 radical (unpaired) electrons. The van der Waals surface area contributed by atoms with Gasteiger partial charge < -0.3 is 15.0 Å². The Morgan fingerprint density at radius 1 is 1.36 bits per heavy atom. The van der Waals surface area contributed by atoms with Gasteiger partial charge in [-0.3, -0.25) is 4.79 Å². The number of hydrogen-bond donors (Lipinski definition) is 1. The Morgan fingerprint density at radius 2 is 2.08 bits per heavy atom. The van der Waals surface area contributed by atoms with Gasteiger partial charge in [0.15, 0.2) is 0 Å². The highest BCUT2D eigenvalue weighted by atomic mass is 79.9. The van der Waals surface area contributed by atoms with Crippen molar-refractivity contribution in [1.29, 1.82) is 5.26 Å². The number of amides is 2. The van der Waals surface area contributed by atoms with Crippen LogP contribution in [0.1, 0.15) is 26.4 Å². The summed E-state index contributed by atoms with van der Waals surface area (Å²) in [7, 11) is 1.34. The predicted molar refractivity (Wildman–Crippen MR) is 97.6 cm³/mol. The molecule has 128 valence electrons. The lowest BCUT2D eigenvalue weighted by Crippen LogP contribution is -2.35. The minimum absolute atomic E-state index is 0.271. The molecular weight excluding hydrogens is 406 g/mol. The predicted octanol–water partition coefficient (Wildman–Crippen LogP) is 3.76. The van der Waals surface area contributed by atoms with Crippen molar-refractivity contribution in [2.24, 2.45) is 0 Å². The average molecular weight is 420 g/mol. The topological polar surface area (TPSA) is 82.4 Å². The van der Waals surface area contributed by atoms with Crippen molar-refractivity contribution < 1.29 is 14.3 Å². The van der Waals surface area contributed by atoms with E-state index in [-0.39, 0.29) is 5.91 Å². The Labute approximate surface area is 157 Å². The molecule has 1 aromatic carbocycles. The van der Waals surface area contributed by atoms with Crippen LogP contribution < -0.4 is 5.32 Å². The highest BCUT2D eigenvalue weighted by Gasteiger charge is 2.28. The van der Waals surface area contributed by atoms with Crippen molar-refractivity contribution in [3.63, 3.8) is 0 Å². The van der Waals surface area contributed by atoms with E-state index in [2.05, 4.69) is 27.3 Å². The number of nitriles is 1. The molecule has 1 aliphatic heterocycles.